The van der Waals surface area contributed by atoms with Crippen LogP contribution in [0.2, 0.25) is 10.0 Å². The van der Waals surface area contributed by atoms with Crippen molar-refractivity contribution in [1.82, 2.24) is 5.32 Å². The molecule has 2 aromatic carbocycles. The van der Waals surface area contributed by atoms with Crippen molar-refractivity contribution in [2.45, 2.75) is 0 Å². The first-order valence-electron chi connectivity index (χ1n) is 7.02. The lowest BCUT2D eigenvalue weighted by Gasteiger charge is -2.12. The summed E-state index contributed by atoms with van der Waals surface area (Å²) in [6.45, 7) is -0.0439. The van der Waals surface area contributed by atoms with Crippen molar-refractivity contribution in [3.63, 3.8) is 0 Å². The van der Waals surface area contributed by atoms with Gasteiger partial charge in [0.05, 0.1) is 17.9 Å². The van der Waals surface area contributed by atoms with E-state index in [1.807, 2.05) is 0 Å². The van der Waals surface area contributed by atoms with Crippen molar-refractivity contribution >= 4 is 46.5 Å². The summed E-state index contributed by atoms with van der Waals surface area (Å²) < 4.78 is 0. The van der Waals surface area contributed by atoms with Crippen LogP contribution in [0.4, 0.5) is 16.2 Å². The van der Waals surface area contributed by atoms with E-state index in [2.05, 4.69) is 16.0 Å². The summed E-state index contributed by atoms with van der Waals surface area (Å²) in [6, 6.07) is 10.6. The van der Waals surface area contributed by atoms with E-state index in [9.17, 15) is 9.59 Å². The maximum atomic E-state index is 12.1. The fourth-order valence-corrected chi connectivity index (χ4v) is 2.49. The van der Waals surface area contributed by atoms with Crippen LogP contribution in [-0.4, -0.2) is 30.2 Å². The summed E-state index contributed by atoms with van der Waals surface area (Å²) in [5.41, 5.74) is 1.04. The summed E-state index contributed by atoms with van der Waals surface area (Å²) >= 11 is 11.8. The number of halogens is 2. The third-order valence-electron chi connectivity index (χ3n) is 2.94. The van der Waals surface area contributed by atoms with Gasteiger partial charge in [0.2, 0.25) is 0 Å². The molecule has 0 aliphatic carbocycles. The van der Waals surface area contributed by atoms with Gasteiger partial charge in [-0.25, -0.2) is 4.79 Å². The van der Waals surface area contributed by atoms with E-state index in [0.29, 0.717) is 21.4 Å². The van der Waals surface area contributed by atoms with Crippen molar-refractivity contribution in [1.29, 1.82) is 0 Å². The molecule has 0 atom stereocenters. The van der Waals surface area contributed by atoms with Gasteiger partial charge in [-0.3, -0.25) is 4.79 Å². The molecule has 0 aliphatic rings. The molecular formula is C16H15Cl2N3O3. The Balaban J connectivity index is 2.10. The number of urea groups is 1. The fourth-order valence-electron chi connectivity index (χ4n) is 1.97. The zero-order valence-electron chi connectivity index (χ0n) is 12.5. The molecule has 0 fully saturated rings. The molecule has 0 saturated carbocycles. The van der Waals surface area contributed by atoms with E-state index < -0.39 is 11.9 Å². The number of benzene rings is 2. The standard InChI is InChI=1S/C16H15Cl2N3O3/c17-10-7-11(18)9-12(8-10)20-16(24)21-14-4-2-1-3-13(14)15(23)19-5-6-22/h1-4,7-9,22H,5-6H2,(H,19,23)(H2,20,21,24). The molecule has 24 heavy (non-hydrogen) atoms. The average Bonchev–Trinajstić information content (AvgIpc) is 2.52. The predicted octanol–water partition coefficient (Wildman–Crippen LogP) is 3.36. The van der Waals surface area contributed by atoms with Crippen LogP contribution in [0.5, 0.6) is 0 Å². The number of aliphatic hydroxyl groups is 1. The molecule has 0 radical (unpaired) electrons. The number of carbonyl (C=O) groups excluding carboxylic acids is 2. The number of aliphatic hydroxyl groups excluding tert-OH is 1. The number of rotatable bonds is 5. The van der Waals surface area contributed by atoms with Gasteiger partial charge in [0.1, 0.15) is 0 Å². The smallest absolute Gasteiger partial charge is 0.323 e. The molecule has 0 spiro atoms. The second kappa shape index (κ2) is 8.54. The normalized spacial score (nSPS) is 10.1. The summed E-state index contributed by atoms with van der Waals surface area (Å²) in [5.74, 6) is -0.397. The van der Waals surface area contributed by atoms with Gasteiger partial charge in [-0.2, -0.15) is 0 Å². The highest BCUT2D eigenvalue weighted by Gasteiger charge is 2.13. The van der Waals surface area contributed by atoms with Crippen molar-refractivity contribution in [2.75, 3.05) is 23.8 Å². The highest BCUT2D eigenvalue weighted by atomic mass is 35.5. The minimum Gasteiger partial charge on any atom is -0.395 e. The Bertz CT molecular complexity index is 733. The first-order chi connectivity index (χ1) is 11.5. The van der Waals surface area contributed by atoms with Crippen molar-refractivity contribution in [2.24, 2.45) is 0 Å². The van der Waals surface area contributed by atoms with Crippen LogP contribution in [0.15, 0.2) is 42.5 Å². The summed E-state index contributed by atoms with van der Waals surface area (Å²) in [7, 11) is 0. The number of para-hydroxylation sites is 1. The second-order valence-corrected chi connectivity index (χ2v) is 5.64. The minimum atomic E-state index is -0.546. The number of hydrogen-bond acceptors (Lipinski definition) is 3. The number of carbonyl (C=O) groups is 2. The fraction of sp³-hybridized carbons (Fsp3) is 0.125. The number of amides is 3. The Morgan fingerprint density at radius 1 is 1.00 bits per heavy atom. The molecule has 126 valence electrons. The van der Waals surface area contributed by atoms with Crippen molar-refractivity contribution in [3.05, 3.63) is 58.1 Å². The molecular weight excluding hydrogens is 353 g/mol. The van der Waals surface area contributed by atoms with Crippen LogP contribution in [-0.2, 0) is 0 Å². The van der Waals surface area contributed by atoms with Crippen molar-refractivity contribution < 1.29 is 14.7 Å². The Morgan fingerprint density at radius 3 is 2.33 bits per heavy atom. The van der Waals surface area contributed by atoms with Crippen LogP contribution < -0.4 is 16.0 Å². The van der Waals surface area contributed by atoms with Crippen LogP contribution in [0.1, 0.15) is 10.4 Å². The summed E-state index contributed by atoms with van der Waals surface area (Å²) in [4.78, 5) is 24.1. The lowest BCUT2D eigenvalue weighted by molar-refractivity contribution is 0.0945. The van der Waals surface area contributed by atoms with E-state index in [1.165, 1.54) is 0 Å². The minimum absolute atomic E-state index is 0.125. The molecule has 0 saturated heterocycles. The molecule has 8 heteroatoms. The predicted molar refractivity (Wildman–Crippen MR) is 95.0 cm³/mol. The zero-order chi connectivity index (χ0) is 17.5. The van der Waals surface area contributed by atoms with Crippen LogP contribution in [0, 0.1) is 0 Å². The third kappa shape index (κ3) is 5.13. The molecule has 3 amide bonds. The monoisotopic (exact) mass is 367 g/mol. The largest absolute Gasteiger partial charge is 0.395 e. The first-order valence-corrected chi connectivity index (χ1v) is 7.77. The van der Waals surface area contributed by atoms with Gasteiger partial charge in [-0.05, 0) is 30.3 Å². The third-order valence-corrected chi connectivity index (χ3v) is 3.37. The van der Waals surface area contributed by atoms with Gasteiger partial charge >= 0.3 is 6.03 Å². The molecule has 0 unspecified atom stereocenters. The van der Waals surface area contributed by atoms with E-state index >= 15 is 0 Å². The van der Waals surface area contributed by atoms with Crippen LogP contribution >= 0.6 is 23.2 Å². The van der Waals surface area contributed by atoms with E-state index in [4.69, 9.17) is 28.3 Å². The van der Waals surface area contributed by atoms with Gasteiger partial charge in [0.15, 0.2) is 0 Å². The number of anilines is 2. The van der Waals surface area contributed by atoms with Gasteiger partial charge in [-0.15, -0.1) is 0 Å². The van der Waals surface area contributed by atoms with Gasteiger partial charge in [-0.1, -0.05) is 35.3 Å². The van der Waals surface area contributed by atoms with Crippen molar-refractivity contribution in [3.8, 4) is 0 Å². The molecule has 2 rings (SSSR count). The summed E-state index contributed by atoms with van der Waals surface area (Å²) in [6.07, 6.45) is 0. The molecule has 6 nitrogen and oxygen atoms in total. The van der Waals surface area contributed by atoms with E-state index in [-0.39, 0.29) is 18.7 Å². The molecule has 0 bridgehead atoms. The Labute approximate surface area is 148 Å². The molecule has 0 aliphatic heterocycles. The lowest BCUT2D eigenvalue weighted by atomic mass is 10.1. The summed E-state index contributed by atoms with van der Waals surface area (Å²) in [5, 5.41) is 17.3. The quantitative estimate of drug-likeness (QED) is 0.652. The SMILES string of the molecule is O=C(Nc1cc(Cl)cc(Cl)c1)Nc1ccccc1C(=O)NCCO. The molecule has 2 aromatic rings. The highest BCUT2D eigenvalue weighted by molar-refractivity contribution is 6.35. The zero-order valence-corrected chi connectivity index (χ0v) is 14.0. The Morgan fingerprint density at radius 2 is 1.67 bits per heavy atom. The van der Waals surface area contributed by atoms with Crippen LogP contribution in [0.3, 0.4) is 0 Å². The first kappa shape index (κ1) is 18.1. The van der Waals surface area contributed by atoms with Gasteiger partial charge < -0.3 is 21.1 Å². The molecule has 0 heterocycles. The number of nitrogens with one attached hydrogen (secondary N) is 3. The maximum absolute atomic E-state index is 12.1. The maximum Gasteiger partial charge on any atom is 0.323 e. The van der Waals surface area contributed by atoms with Gasteiger partial charge in [0, 0.05) is 22.3 Å². The topological polar surface area (TPSA) is 90.5 Å². The number of hydrogen-bond donors (Lipinski definition) is 4. The Hall–Kier alpha value is -2.28. The van der Waals surface area contributed by atoms with E-state index in [0.717, 1.165) is 0 Å². The van der Waals surface area contributed by atoms with E-state index in [1.54, 1.807) is 42.5 Å². The van der Waals surface area contributed by atoms with Gasteiger partial charge in [0.25, 0.3) is 5.91 Å². The lowest BCUT2D eigenvalue weighted by Crippen LogP contribution is -2.28. The van der Waals surface area contributed by atoms with Crippen LogP contribution in [0.25, 0.3) is 0 Å². The second-order valence-electron chi connectivity index (χ2n) is 4.76. The molecule has 0 aromatic heterocycles. The molecule has 4 N–H and O–H groups in total. The Kier molecular flexibility index (Phi) is 6.43. The average molecular weight is 368 g/mol. The highest BCUT2D eigenvalue weighted by Crippen LogP contribution is 2.23.